The summed E-state index contributed by atoms with van der Waals surface area (Å²) < 4.78 is 12.8. The van der Waals surface area contributed by atoms with Gasteiger partial charge in [-0.05, 0) is 23.1 Å². The Labute approximate surface area is 106 Å². The van der Waals surface area contributed by atoms with E-state index in [0.717, 1.165) is 0 Å². The molecule has 2 N–H and O–H groups in total. The summed E-state index contributed by atoms with van der Waals surface area (Å²) in [7, 11) is 0. The van der Waals surface area contributed by atoms with Gasteiger partial charge in [-0.3, -0.25) is 0 Å². The van der Waals surface area contributed by atoms with Crippen molar-refractivity contribution in [1.82, 2.24) is 0 Å². The van der Waals surface area contributed by atoms with Gasteiger partial charge in [-0.15, -0.1) is 0 Å². The van der Waals surface area contributed by atoms with Crippen LogP contribution in [0.4, 0.5) is 4.39 Å². The van der Waals surface area contributed by atoms with Crippen LogP contribution < -0.4 is 0 Å². The van der Waals surface area contributed by atoms with Gasteiger partial charge in [-0.2, -0.15) is 0 Å². The van der Waals surface area contributed by atoms with Crippen LogP contribution in [0, 0.1) is 11.2 Å². The van der Waals surface area contributed by atoms with Crippen LogP contribution in [0.25, 0.3) is 0 Å². The molecule has 0 aromatic heterocycles. The van der Waals surface area contributed by atoms with Crippen LogP contribution in [0.15, 0.2) is 18.2 Å². The fraction of sp³-hybridized carbons (Fsp3) is 0.538. The topological polar surface area (TPSA) is 40.5 Å². The molecule has 1 rings (SSSR count). The summed E-state index contributed by atoms with van der Waals surface area (Å²) in [4.78, 5) is 0. The lowest BCUT2D eigenvalue weighted by Gasteiger charge is -2.30. The van der Waals surface area contributed by atoms with Crippen molar-refractivity contribution >= 4 is 11.6 Å². The normalized spacial score (nSPS) is 15.7. The highest BCUT2D eigenvalue weighted by molar-refractivity contribution is 6.31. The zero-order valence-corrected chi connectivity index (χ0v) is 11.0. The number of aliphatic hydroxyl groups excluding tert-OH is 2. The summed E-state index contributed by atoms with van der Waals surface area (Å²) in [6.07, 6.45) is -1.57. The van der Waals surface area contributed by atoms with Crippen molar-refractivity contribution in [2.45, 2.75) is 39.4 Å². The lowest BCUT2D eigenvalue weighted by atomic mass is 9.84. The Balaban J connectivity index is 2.78. The summed E-state index contributed by atoms with van der Waals surface area (Å²) in [6, 6.07) is 4.01. The Bertz CT molecular complexity index is 387. The molecule has 0 spiro atoms. The van der Waals surface area contributed by atoms with Crippen molar-refractivity contribution in [2.24, 2.45) is 5.41 Å². The zero-order valence-electron chi connectivity index (χ0n) is 10.2. The minimum Gasteiger partial charge on any atom is -0.390 e. The van der Waals surface area contributed by atoms with E-state index in [2.05, 4.69) is 0 Å². The standard InChI is InChI=1S/C13H18ClFO2/c1-13(2,3)12(17)11(16)6-8-4-5-9(15)7-10(8)14/h4-5,7,11-12,16-17H,6H2,1-3H3. The molecule has 0 heterocycles. The van der Waals surface area contributed by atoms with Crippen molar-refractivity contribution in [3.63, 3.8) is 0 Å². The third-order valence-corrected chi connectivity index (χ3v) is 3.05. The SMILES string of the molecule is CC(C)(C)C(O)C(O)Cc1ccc(F)cc1Cl. The molecule has 0 radical (unpaired) electrons. The number of benzene rings is 1. The van der Waals surface area contributed by atoms with Gasteiger partial charge in [0.15, 0.2) is 0 Å². The fourth-order valence-electron chi connectivity index (χ4n) is 1.60. The second kappa shape index (κ2) is 5.34. The molecule has 0 aliphatic rings. The van der Waals surface area contributed by atoms with Crippen LogP contribution in [0.3, 0.4) is 0 Å². The summed E-state index contributed by atoms with van der Waals surface area (Å²) in [5.41, 5.74) is 0.218. The molecule has 1 aromatic carbocycles. The molecular weight excluding hydrogens is 243 g/mol. The predicted octanol–water partition coefficient (Wildman–Crippen LogP) is 2.79. The van der Waals surface area contributed by atoms with Gasteiger partial charge in [0.1, 0.15) is 5.82 Å². The lowest BCUT2D eigenvalue weighted by molar-refractivity contribution is -0.0433. The Morgan fingerprint density at radius 3 is 2.35 bits per heavy atom. The molecule has 0 fully saturated rings. The van der Waals surface area contributed by atoms with Gasteiger partial charge in [-0.1, -0.05) is 38.4 Å². The highest BCUT2D eigenvalue weighted by atomic mass is 35.5. The van der Waals surface area contributed by atoms with Crippen LogP contribution in [-0.4, -0.2) is 22.4 Å². The van der Waals surface area contributed by atoms with E-state index >= 15 is 0 Å². The lowest BCUT2D eigenvalue weighted by Crippen LogP contribution is -2.38. The molecule has 0 bridgehead atoms. The number of rotatable bonds is 3. The Morgan fingerprint density at radius 2 is 1.88 bits per heavy atom. The van der Waals surface area contributed by atoms with Gasteiger partial charge in [0.2, 0.25) is 0 Å². The molecule has 0 aliphatic carbocycles. The smallest absolute Gasteiger partial charge is 0.124 e. The molecule has 0 aliphatic heterocycles. The van der Waals surface area contributed by atoms with E-state index in [4.69, 9.17) is 11.6 Å². The minimum absolute atomic E-state index is 0.206. The molecule has 0 saturated heterocycles. The zero-order chi connectivity index (χ0) is 13.2. The fourth-order valence-corrected chi connectivity index (χ4v) is 1.85. The molecule has 2 unspecified atom stereocenters. The first-order valence-electron chi connectivity index (χ1n) is 5.52. The van der Waals surface area contributed by atoms with E-state index in [0.29, 0.717) is 5.56 Å². The quantitative estimate of drug-likeness (QED) is 0.877. The third-order valence-electron chi connectivity index (χ3n) is 2.70. The molecule has 2 atom stereocenters. The summed E-state index contributed by atoms with van der Waals surface area (Å²) in [6.45, 7) is 5.52. The van der Waals surface area contributed by atoms with Crippen LogP contribution >= 0.6 is 11.6 Å². The first-order chi connectivity index (χ1) is 7.71. The monoisotopic (exact) mass is 260 g/mol. The molecule has 2 nitrogen and oxygen atoms in total. The Hall–Kier alpha value is -0.640. The first-order valence-corrected chi connectivity index (χ1v) is 5.89. The number of hydrogen-bond acceptors (Lipinski definition) is 2. The second-order valence-electron chi connectivity index (χ2n) is 5.32. The Morgan fingerprint density at radius 1 is 1.29 bits per heavy atom. The maximum atomic E-state index is 12.8. The first kappa shape index (κ1) is 14.4. The average molecular weight is 261 g/mol. The summed E-state index contributed by atoms with van der Waals surface area (Å²) >= 11 is 5.86. The van der Waals surface area contributed by atoms with Gasteiger partial charge in [0.05, 0.1) is 12.2 Å². The van der Waals surface area contributed by atoms with Crippen LogP contribution in [0.1, 0.15) is 26.3 Å². The van der Waals surface area contributed by atoms with Crippen molar-refractivity contribution < 1.29 is 14.6 Å². The molecule has 1 aromatic rings. The van der Waals surface area contributed by atoms with E-state index < -0.39 is 23.4 Å². The Kier molecular flexibility index (Phi) is 4.53. The van der Waals surface area contributed by atoms with E-state index in [-0.39, 0.29) is 11.4 Å². The molecule has 0 saturated carbocycles. The van der Waals surface area contributed by atoms with Crippen molar-refractivity contribution in [3.8, 4) is 0 Å². The molecule has 96 valence electrons. The van der Waals surface area contributed by atoms with Crippen molar-refractivity contribution in [3.05, 3.63) is 34.6 Å². The highest BCUT2D eigenvalue weighted by Gasteiger charge is 2.29. The van der Waals surface area contributed by atoms with Crippen LogP contribution in [0.5, 0.6) is 0 Å². The third kappa shape index (κ3) is 3.95. The van der Waals surface area contributed by atoms with Crippen molar-refractivity contribution in [2.75, 3.05) is 0 Å². The number of hydrogen-bond donors (Lipinski definition) is 2. The highest BCUT2D eigenvalue weighted by Crippen LogP contribution is 2.25. The maximum Gasteiger partial charge on any atom is 0.124 e. The van der Waals surface area contributed by atoms with E-state index in [1.165, 1.54) is 18.2 Å². The molecule has 0 amide bonds. The number of aliphatic hydroxyl groups is 2. The maximum absolute atomic E-state index is 12.8. The predicted molar refractivity (Wildman–Crippen MR) is 66.6 cm³/mol. The van der Waals surface area contributed by atoms with Gasteiger partial charge in [0, 0.05) is 11.4 Å². The van der Waals surface area contributed by atoms with Gasteiger partial charge >= 0.3 is 0 Å². The molecule has 17 heavy (non-hydrogen) atoms. The van der Waals surface area contributed by atoms with Crippen LogP contribution in [-0.2, 0) is 6.42 Å². The number of halogens is 2. The molecule has 4 heteroatoms. The second-order valence-corrected chi connectivity index (χ2v) is 5.73. The van der Waals surface area contributed by atoms with E-state index in [1.807, 2.05) is 20.8 Å². The average Bonchev–Trinajstić information content (AvgIpc) is 2.19. The van der Waals surface area contributed by atoms with Gasteiger partial charge in [0.25, 0.3) is 0 Å². The minimum atomic E-state index is -0.919. The van der Waals surface area contributed by atoms with Crippen LogP contribution in [0.2, 0.25) is 5.02 Å². The van der Waals surface area contributed by atoms with Gasteiger partial charge < -0.3 is 10.2 Å². The molecular formula is C13H18ClFO2. The van der Waals surface area contributed by atoms with Crippen molar-refractivity contribution in [1.29, 1.82) is 0 Å². The van der Waals surface area contributed by atoms with E-state index in [1.54, 1.807) is 0 Å². The summed E-state index contributed by atoms with van der Waals surface area (Å²) in [5, 5.41) is 20.1. The largest absolute Gasteiger partial charge is 0.390 e. The van der Waals surface area contributed by atoms with E-state index in [9.17, 15) is 14.6 Å². The summed E-state index contributed by atoms with van der Waals surface area (Å²) in [5.74, 6) is -0.412. The van der Waals surface area contributed by atoms with Gasteiger partial charge in [-0.25, -0.2) is 4.39 Å².